The molecule has 1 aromatic carbocycles. The van der Waals surface area contributed by atoms with E-state index in [0.717, 1.165) is 17.1 Å². The van der Waals surface area contributed by atoms with Crippen molar-refractivity contribution in [2.45, 2.75) is 27.3 Å². The summed E-state index contributed by atoms with van der Waals surface area (Å²) in [6.07, 6.45) is 3.56. The summed E-state index contributed by atoms with van der Waals surface area (Å²) in [5.41, 5.74) is 5.08. The van der Waals surface area contributed by atoms with Crippen molar-refractivity contribution in [1.82, 2.24) is 24.6 Å². The van der Waals surface area contributed by atoms with Crippen LogP contribution in [0.1, 0.15) is 22.5 Å². The first-order valence-electron chi connectivity index (χ1n) is 8.08. The van der Waals surface area contributed by atoms with Gasteiger partial charge in [-0.2, -0.15) is 0 Å². The molecule has 2 heterocycles. The fourth-order valence-electron chi connectivity index (χ4n) is 2.76. The Morgan fingerprint density at radius 2 is 1.84 bits per heavy atom. The summed E-state index contributed by atoms with van der Waals surface area (Å²) < 4.78 is 3.66. The van der Waals surface area contributed by atoms with Gasteiger partial charge in [0.25, 0.3) is 0 Å². The monoisotopic (exact) mass is 338 g/mol. The number of anilines is 1. The van der Waals surface area contributed by atoms with Crippen LogP contribution < -0.4 is 10.6 Å². The van der Waals surface area contributed by atoms with Gasteiger partial charge in [-0.15, -0.1) is 5.10 Å². The molecule has 0 aliphatic carbocycles. The van der Waals surface area contributed by atoms with Crippen LogP contribution >= 0.6 is 0 Å². The maximum atomic E-state index is 12.1. The first-order valence-corrected chi connectivity index (χ1v) is 8.08. The smallest absolute Gasteiger partial charge is 0.320 e. The van der Waals surface area contributed by atoms with Gasteiger partial charge in [-0.25, -0.2) is 14.5 Å². The van der Waals surface area contributed by atoms with E-state index in [4.69, 9.17) is 0 Å². The number of aryl methyl sites for hydroxylation is 4. The predicted molar refractivity (Wildman–Crippen MR) is 96.8 cm³/mol. The number of rotatable bonds is 4. The maximum absolute atomic E-state index is 12.1. The predicted octanol–water partition coefficient (Wildman–Crippen LogP) is 2.85. The Morgan fingerprint density at radius 1 is 1.12 bits per heavy atom. The Bertz CT molecular complexity index is 888. The minimum Gasteiger partial charge on any atom is -0.340 e. The lowest BCUT2D eigenvalue weighted by Crippen LogP contribution is -2.28. The molecule has 3 aromatic rings. The number of aromatic nitrogens is 4. The van der Waals surface area contributed by atoms with Gasteiger partial charge in [0.1, 0.15) is 0 Å². The molecule has 0 saturated carbocycles. The van der Waals surface area contributed by atoms with E-state index in [1.807, 2.05) is 35.5 Å². The highest BCUT2D eigenvalue weighted by molar-refractivity contribution is 5.88. The zero-order chi connectivity index (χ0) is 18.0. The fraction of sp³-hybridized carbons (Fsp3) is 0.278. The van der Waals surface area contributed by atoms with Gasteiger partial charge in [0.15, 0.2) is 5.82 Å². The minimum atomic E-state index is -0.310. The summed E-state index contributed by atoms with van der Waals surface area (Å²) in [7, 11) is 1.89. The number of amides is 2. The molecule has 0 bridgehead atoms. The average molecular weight is 338 g/mol. The molecule has 0 fully saturated rings. The van der Waals surface area contributed by atoms with Crippen molar-refractivity contribution in [3.63, 3.8) is 0 Å². The van der Waals surface area contributed by atoms with Crippen LogP contribution in [0.25, 0.3) is 5.69 Å². The third-order valence-electron chi connectivity index (χ3n) is 3.77. The Labute approximate surface area is 146 Å². The van der Waals surface area contributed by atoms with E-state index in [1.165, 1.54) is 11.1 Å². The van der Waals surface area contributed by atoms with E-state index in [9.17, 15) is 4.79 Å². The normalized spacial score (nSPS) is 10.7. The van der Waals surface area contributed by atoms with E-state index >= 15 is 0 Å². The molecule has 0 radical (unpaired) electrons. The summed E-state index contributed by atoms with van der Waals surface area (Å²) in [6.45, 7) is 6.43. The molecule has 2 aromatic heterocycles. The van der Waals surface area contributed by atoms with E-state index in [2.05, 4.69) is 52.8 Å². The van der Waals surface area contributed by atoms with Crippen molar-refractivity contribution in [3.05, 3.63) is 59.3 Å². The average Bonchev–Trinajstić information content (AvgIpc) is 3.10. The largest absolute Gasteiger partial charge is 0.340 e. The number of carbonyl (C=O) groups excluding carboxylic acids is 1. The molecular formula is C18H22N6O. The van der Waals surface area contributed by atoms with Crippen LogP contribution in [0.4, 0.5) is 10.6 Å². The lowest BCUT2D eigenvalue weighted by atomic mass is 10.1. The molecule has 2 amide bonds. The maximum Gasteiger partial charge on any atom is 0.320 e. The third-order valence-corrected chi connectivity index (χ3v) is 3.77. The van der Waals surface area contributed by atoms with Crippen LogP contribution in [0, 0.1) is 20.8 Å². The van der Waals surface area contributed by atoms with Gasteiger partial charge in [-0.1, -0.05) is 6.07 Å². The molecule has 7 heteroatoms. The van der Waals surface area contributed by atoms with Gasteiger partial charge in [0.2, 0.25) is 0 Å². The Morgan fingerprint density at radius 3 is 2.48 bits per heavy atom. The van der Waals surface area contributed by atoms with Gasteiger partial charge in [0, 0.05) is 25.0 Å². The quantitative estimate of drug-likeness (QED) is 0.768. The van der Waals surface area contributed by atoms with Crippen molar-refractivity contribution in [2.75, 3.05) is 5.32 Å². The van der Waals surface area contributed by atoms with Gasteiger partial charge in [0.05, 0.1) is 24.3 Å². The zero-order valence-corrected chi connectivity index (χ0v) is 14.9. The summed E-state index contributed by atoms with van der Waals surface area (Å²) >= 11 is 0. The van der Waals surface area contributed by atoms with Crippen molar-refractivity contribution >= 4 is 11.8 Å². The number of benzene rings is 1. The Balaban J connectivity index is 1.68. The van der Waals surface area contributed by atoms with Crippen molar-refractivity contribution < 1.29 is 4.79 Å². The molecule has 0 unspecified atom stereocenters. The first kappa shape index (κ1) is 16.8. The molecule has 7 nitrogen and oxygen atoms in total. The van der Waals surface area contributed by atoms with Crippen molar-refractivity contribution in [1.29, 1.82) is 0 Å². The fourth-order valence-corrected chi connectivity index (χ4v) is 2.76. The molecule has 0 saturated heterocycles. The van der Waals surface area contributed by atoms with E-state index in [1.54, 1.807) is 6.33 Å². The number of imidazole rings is 1. The molecule has 3 rings (SSSR count). The van der Waals surface area contributed by atoms with Crippen LogP contribution in [0.5, 0.6) is 0 Å². The number of carbonyl (C=O) groups is 1. The number of hydrogen-bond donors (Lipinski definition) is 2. The molecule has 0 aliphatic heterocycles. The summed E-state index contributed by atoms with van der Waals surface area (Å²) in [6, 6.07) is 7.79. The van der Waals surface area contributed by atoms with Gasteiger partial charge in [-0.3, -0.25) is 5.32 Å². The lowest BCUT2D eigenvalue weighted by Gasteiger charge is -2.07. The Kier molecular flexibility index (Phi) is 4.56. The van der Waals surface area contributed by atoms with Gasteiger partial charge in [-0.05, 0) is 44.0 Å². The van der Waals surface area contributed by atoms with Crippen LogP contribution in [0.15, 0.2) is 36.8 Å². The standard InChI is InChI=1S/C18H22N6O/c1-12-5-13(2)7-16(6-12)24-14(3)8-17(22-24)21-18(25)19-9-15-10-23(4)11-20-15/h5-8,10-11H,9H2,1-4H3,(H2,19,21,22,25). The van der Waals surface area contributed by atoms with E-state index in [-0.39, 0.29) is 6.03 Å². The highest BCUT2D eigenvalue weighted by Crippen LogP contribution is 2.18. The highest BCUT2D eigenvalue weighted by Gasteiger charge is 2.10. The van der Waals surface area contributed by atoms with Crippen LogP contribution in [-0.4, -0.2) is 25.4 Å². The molecule has 25 heavy (non-hydrogen) atoms. The molecular weight excluding hydrogens is 316 g/mol. The second kappa shape index (κ2) is 6.80. The van der Waals surface area contributed by atoms with Crippen molar-refractivity contribution in [2.24, 2.45) is 7.05 Å². The molecule has 0 spiro atoms. The highest BCUT2D eigenvalue weighted by atomic mass is 16.2. The molecule has 130 valence electrons. The zero-order valence-electron chi connectivity index (χ0n) is 14.9. The number of urea groups is 1. The molecule has 2 N–H and O–H groups in total. The lowest BCUT2D eigenvalue weighted by molar-refractivity contribution is 0.251. The summed E-state index contributed by atoms with van der Waals surface area (Å²) in [5.74, 6) is 0.509. The van der Waals surface area contributed by atoms with Gasteiger partial charge >= 0.3 is 6.03 Å². The number of nitrogens with one attached hydrogen (secondary N) is 2. The minimum absolute atomic E-state index is 0.310. The summed E-state index contributed by atoms with van der Waals surface area (Å²) in [4.78, 5) is 16.2. The van der Waals surface area contributed by atoms with E-state index < -0.39 is 0 Å². The third kappa shape index (κ3) is 4.06. The first-order chi connectivity index (χ1) is 11.9. The van der Waals surface area contributed by atoms with E-state index in [0.29, 0.717) is 12.4 Å². The molecule has 0 atom stereocenters. The van der Waals surface area contributed by atoms with Crippen LogP contribution in [0.3, 0.4) is 0 Å². The van der Waals surface area contributed by atoms with Gasteiger partial charge < -0.3 is 9.88 Å². The second-order valence-electron chi connectivity index (χ2n) is 6.27. The Hall–Kier alpha value is -3.09. The number of nitrogens with zero attached hydrogens (tertiary/aromatic N) is 4. The molecule has 0 aliphatic rings. The SMILES string of the molecule is Cc1cc(C)cc(-n2nc(NC(=O)NCc3cn(C)cn3)cc2C)c1. The van der Waals surface area contributed by atoms with Crippen LogP contribution in [0.2, 0.25) is 0 Å². The summed E-state index contributed by atoms with van der Waals surface area (Å²) in [5, 5.41) is 10.0. The topological polar surface area (TPSA) is 76.8 Å². The van der Waals surface area contributed by atoms with Crippen LogP contribution in [-0.2, 0) is 13.6 Å². The number of hydrogen-bond acceptors (Lipinski definition) is 3. The second-order valence-corrected chi connectivity index (χ2v) is 6.27. The van der Waals surface area contributed by atoms with Crippen molar-refractivity contribution in [3.8, 4) is 5.69 Å².